The number of anilines is 4. The van der Waals surface area contributed by atoms with E-state index in [-0.39, 0.29) is 11.8 Å². The second-order valence-corrected chi connectivity index (χ2v) is 9.82. The van der Waals surface area contributed by atoms with Crippen LogP contribution in [0.3, 0.4) is 0 Å². The van der Waals surface area contributed by atoms with Crippen molar-refractivity contribution in [1.29, 1.82) is 0 Å². The lowest BCUT2D eigenvalue weighted by molar-refractivity contribution is -0.128. The summed E-state index contributed by atoms with van der Waals surface area (Å²) >= 11 is 0. The molecule has 0 saturated carbocycles. The maximum absolute atomic E-state index is 12.1. The Bertz CT molecular complexity index is 1270. The summed E-state index contributed by atoms with van der Waals surface area (Å²) in [4.78, 5) is 44.0. The van der Waals surface area contributed by atoms with Gasteiger partial charge in [-0.1, -0.05) is 6.07 Å². The third-order valence-corrected chi connectivity index (χ3v) is 6.93. The zero-order valence-electron chi connectivity index (χ0n) is 21.6. The van der Waals surface area contributed by atoms with Gasteiger partial charge in [0.25, 0.3) is 0 Å². The number of hydrogen-bond donors (Lipinski definition) is 2. The van der Waals surface area contributed by atoms with Gasteiger partial charge in [-0.25, -0.2) is 4.98 Å². The monoisotopic (exact) mass is 505 g/mol. The average molecular weight is 506 g/mol. The average Bonchev–Trinajstić information content (AvgIpc) is 3.60. The summed E-state index contributed by atoms with van der Waals surface area (Å²) in [7, 11) is 4.01. The van der Waals surface area contributed by atoms with Gasteiger partial charge in [-0.3, -0.25) is 9.59 Å². The van der Waals surface area contributed by atoms with Crippen LogP contribution < -0.4 is 15.5 Å². The number of carbonyl (C=O) groups is 2. The van der Waals surface area contributed by atoms with Crippen LogP contribution in [0.15, 0.2) is 30.6 Å². The van der Waals surface area contributed by atoms with Crippen molar-refractivity contribution < 1.29 is 9.59 Å². The van der Waals surface area contributed by atoms with Gasteiger partial charge < -0.3 is 29.9 Å². The summed E-state index contributed by atoms with van der Waals surface area (Å²) in [6.45, 7) is 4.31. The van der Waals surface area contributed by atoms with Gasteiger partial charge in [-0.2, -0.15) is 9.97 Å². The number of imidazole rings is 1. The van der Waals surface area contributed by atoms with Crippen LogP contribution in [0.2, 0.25) is 0 Å². The van der Waals surface area contributed by atoms with Crippen LogP contribution in [0.5, 0.6) is 0 Å². The smallest absolute Gasteiger partial charge is 0.231 e. The third kappa shape index (κ3) is 5.76. The number of rotatable bonds is 11. The highest BCUT2D eigenvalue weighted by Gasteiger charge is 2.21. The topological polar surface area (TPSA) is 112 Å². The molecule has 0 atom stereocenters. The molecule has 2 saturated heterocycles. The fraction of sp³-hybridized carbons (Fsp3) is 0.500. The Morgan fingerprint density at radius 3 is 2.43 bits per heavy atom. The molecule has 1 aromatic carbocycles. The van der Waals surface area contributed by atoms with Gasteiger partial charge in [-0.05, 0) is 37.5 Å². The first-order valence-electron chi connectivity index (χ1n) is 13.0. The van der Waals surface area contributed by atoms with Crippen LogP contribution in [0.25, 0.3) is 11.2 Å². The highest BCUT2D eigenvalue weighted by atomic mass is 16.2. The molecule has 0 spiro atoms. The van der Waals surface area contributed by atoms with Crippen LogP contribution in [0.4, 0.5) is 23.1 Å². The Morgan fingerprint density at radius 1 is 0.973 bits per heavy atom. The maximum atomic E-state index is 12.1. The zero-order chi connectivity index (χ0) is 25.8. The normalized spacial score (nSPS) is 15.7. The van der Waals surface area contributed by atoms with E-state index < -0.39 is 0 Å². The van der Waals surface area contributed by atoms with Crippen molar-refractivity contribution in [2.75, 3.05) is 62.4 Å². The minimum absolute atomic E-state index is 0.209. The molecule has 11 heteroatoms. The number of benzene rings is 1. The molecule has 196 valence electrons. The molecule has 2 N–H and O–H groups in total. The molecule has 5 rings (SSSR count). The van der Waals surface area contributed by atoms with Crippen LogP contribution in [-0.4, -0.2) is 88.0 Å². The molecular formula is C26H35N9O2. The lowest BCUT2D eigenvalue weighted by atomic mass is 10.2. The Morgan fingerprint density at radius 2 is 1.73 bits per heavy atom. The predicted octanol–water partition coefficient (Wildman–Crippen LogP) is 2.68. The van der Waals surface area contributed by atoms with Gasteiger partial charge in [0.15, 0.2) is 17.0 Å². The number of hydrogen-bond acceptors (Lipinski definition) is 8. The fourth-order valence-corrected chi connectivity index (χ4v) is 4.86. The van der Waals surface area contributed by atoms with Crippen molar-refractivity contribution in [3.05, 3.63) is 30.6 Å². The second kappa shape index (κ2) is 11.0. The molecule has 2 aliphatic rings. The number of fused-ring (bicyclic) bond motifs is 1. The van der Waals surface area contributed by atoms with E-state index >= 15 is 0 Å². The Hall–Kier alpha value is -3.89. The van der Waals surface area contributed by atoms with Crippen molar-refractivity contribution in [2.45, 2.75) is 38.6 Å². The molecule has 0 bridgehead atoms. The molecule has 0 aliphatic carbocycles. The first-order chi connectivity index (χ1) is 18.0. The molecule has 4 heterocycles. The lowest BCUT2D eigenvalue weighted by Crippen LogP contribution is -2.28. The summed E-state index contributed by atoms with van der Waals surface area (Å²) in [5, 5.41) is 6.77. The van der Waals surface area contributed by atoms with Gasteiger partial charge >= 0.3 is 0 Å². The van der Waals surface area contributed by atoms with Gasteiger partial charge in [0.1, 0.15) is 0 Å². The number of aromatic nitrogens is 4. The summed E-state index contributed by atoms with van der Waals surface area (Å²) in [6.07, 6.45) is 5.74. The molecule has 0 unspecified atom stereocenters. The van der Waals surface area contributed by atoms with Crippen LogP contribution >= 0.6 is 0 Å². The molecular weight excluding hydrogens is 470 g/mol. The summed E-state index contributed by atoms with van der Waals surface area (Å²) in [5.74, 6) is 1.58. The van der Waals surface area contributed by atoms with Crippen molar-refractivity contribution in [2.24, 2.45) is 0 Å². The molecule has 2 amide bonds. The minimum atomic E-state index is 0.209. The van der Waals surface area contributed by atoms with Gasteiger partial charge in [0.2, 0.25) is 17.8 Å². The van der Waals surface area contributed by atoms with Crippen molar-refractivity contribution >= 4 is 46.1 Å². The number of nitrogens with zero attached hydrogens (tertiary/aromatic N) is 7. The maximum Gasteiger partial charge on any atom is 0.231 e. The third-order valence-electron chi connectivity index (χ3n) is 6.93. The first kappa shape index (κ1) is 24.8. The Kier molecular flexibility index (Phi) is 7.38. The first-order valence-corrected chi connectivity index (χ1v) is 13.0. The summed E-state index contributed by atoms with van der Waals surface area (Å²) in [5.41, 5.74) is 3.36. The second-order valence-electron chi connectivity index (χ2n) is 9.82. The van der Waals surface area contributed by atoms with Gasteiger partial charge in [0.05, 0.1) is 6.33 Å². The van der Waals surface area contributed by atoms with Crippen molar-refractivity contribution in [1.82, 2.24) is 29.3 Å². The zero-order valence-corrected chi connectivity index (χ0v) is 21.6. The molecule has 0 radical (unpaired) electrons. The van der Waals surface area contributed by atoms with E-state index in [1.165, 1.54) is 0 Å². The van der Waals surface area contributed by atoms with Crippen LogP contribution in [0.1, 0.15) is 32.1 Å². The Labute approximate surface area is 216 Å². The van der Waals surface area contributed by atoms with E-state index in [4.69, 9.17) is 9.97 Å². The van der Waals surface area contributed by atoms with Crippen LogP contribution in [0, 0.1) is 0 Å². The number of likely N-dealkylation sites (tertiary alicyclic amines) is 2. The van der Waals surface area contributed by atoms with Gasteiger partial charge in [0, 0.05) is 77.6 Å². The molecule has 2 aromatic heterocycles. The van der Waals surface area contributed by atoms with Crippen molar-refractivity contribution in [3.8, 4) is 0 Å². The number of nitrogens with one attached hydrogen (secondary N) is 2. The Balaban J connectivity index is 1.36. The van der Waals surface area contributed by atoms with Crippen molar-refractivity contribution in [3.63, 3.8) is 0 Å². The molecule has 2 aliphatic heterocycles. The predicted molar refractivity (Wildman–Crippen MR) is 144 cm³/mol. The summed E-state index contributed by atoms with van der Waals surface area (Å²) in [6, 6.07) is 8.06. The molecule has 11 nitrogen and oxygen atoms in total. The van der Waals surface area contributed by atoms with E-state index in [1.807, 2.05) is 57.6 Å². The van der Waals surface area contributed by atoms with E-state index in [2.05, 4.69) is 15.6 Å². The van der Waals surface area contributed by atoms with E-state index in [9.17, 15) is 9.59 Å². The largest absolute Gasteiger partial charge is 0.378 e. The molecule has 3 aromatic rings. The number of amides is 2. The highest BCUT2D eigenvalue weighted by molar-refractivity contribution is 5.85. The standard InChI is InChI=1S/C26H35N9O2/c1-32(2)20-8-3-7-19(17-20)29-26-30-24(27-11-6-14-33-12-4-9-21(33)36)23-25(31-26)35(18-28-23)16-15-34-13-5-10-22(34)37/h3,7-8,17-18H,4-6,9-16H2,1-2H3,(H2,27,29,30,31). The fourth-order valence-electron chi connectivity index (χ4n) is 4.86. The lowest BCUT2D eigenvalue weighted by Gasteiger charge is -2.17. The van der Waals surface area contributed by atoms with E-state index in [0.29, 0.717) is 55.4 Å². The van der Waals surface area contributed by atoms with Crippen LogP contribution in [-0.2, 0) is 16.1 Å². The SMILES string of the molecule is CN(C)c1cccc(Nc2nc(NCCCN3CCCC3=O)c3ncn(CCN4CCCC4=O)c3n2)c1. The molecule has 2 fully saturated rings. The molecule has 37 heavy (non-hydrogen) atoms. The van der Waals surface area contributed by atoms with E-state index in [0.717, 1.165) is 50.3 Å². The highest BCUT2D eigenvalue weighted by Crippen LogP contribution is 2.25. The van der Waals surface area contributed by atoms with Gasteiger partial charge in [-0.15, -0.1) is 0 Å². The summed E-state index contributed by atoms with van der Waals surface area (Å²) < 4.78 is 1.98. The number of carbonyl (C=O) groups excluding carboxylic acids is 2. The minimum Gasteiger partial charge on any atom is -0.378 e. The van der Waals surface area contributed by atoms with E-state index in [1.54, 1.807) is 6.33 Å². The quantitative estimate of drug-likeness (QED) is 0.383.